The quantitative estimate of drug-likeness (QED) is 0.432. The number of esters is 1. The molecular formula is C19H19N3O6S. The van der Waals surface area contributed by atoms with Crippen molar-refractivity contribution in [2.45, 2.75) is 11.8 Å². The molecule has 1 aliphatic heterocycles. The zero-order valence-electron chi connectivity index (χ0n) is 15.8. The van der Waals surface area contributed by atoms with E-state index >= 15 is 0 Å². The highest BCUT2D eigenvalue weighted by Crippen LogP contribution is 2.28. The number of hydrogen-bond acceptors (Lipinski definition) is 8. The molecule has 0 spiro atoms. The maximum Gasteiger partial charge on any atom is 0.327 e. The minimum absolute atomic E-state index is 0.0237. The Kier molecular flexibility index (Phi) is 5.83. The van der Waals surface area contributed by atoms with Crippen molar-refractivity contribution >= 4 is 28.0 Å². The smallest absolute Gasteiger partial charge is 0.327 e. The Bertz CT molecular complexity index is 1090. The molecule has 1 heterocycles. The third-order valence-electron chi connectivity index (χ3n) is 3.99. The molecule has 3 rings (SSSR count). The Labute approximate surface area is 168 Å². The second kappa shape index (κ2) is 8.31. The molecule has 1 N–H and O–H groups in total. The number of ether oxygens (including phenoxy) is 2. The Morgan fingerprint density at radius 1 is 1.28 bits per heavy atom. The summed E-state index contributed by atoms with van der Waals surface area (Å²) in [4.78, 5) is 12.1. The molecule has 0 saturated heterocycles. The van der Waals surface area contributed by atoms with Crippen LogP contribution < -0.4 is 4.74 Å². The third kappa shape index (κ3) is 4.37. The fourth-order valence-corrected chi connectivity index (χ4v) is 3.89. The van der Waals surface area contributed by atoms with E-state index < -0.39 is 16.0 Å². The number of carbonyl (C=O) groups excluding carboxylic acids is 1. The van der Waals surface area contributed by atoms with Crippen LogP contribution in [0.25, 0.3) is 0 Å². The van der Waals surface area contributed by atoms with E-state index in [1.54, 1.807) is 37.3 Å². The summed E-state index contributed by atoms with van der Waals surface area (Å²) in [7, 11) is -2.47. The number of methoxy groups -OCH3 is 1. The molecule has 0 saturated carbocycles. The molecule has 0 atom stereocenters. The van der Waals surface area contributed by atoms with E-state index in [4.69, 9.17) is 9.47 Å². The predicted octanol–water partition coefficient (Wildman–Crippen LogP) is 1.75. The Morgan fingerprint density at radius 3 is 2.76 bits per heavy atom. The number of fused-ring (bicyclic) bond motifs is 1. The van der Waals surface area contributed by atoms with Gasteiger partial charge in [-0.05, 0) is 42.8 Å². The van der Waals surface area contributed by atoms with Gasteiger partial charge in [-0.3, -0.25) is 4.79 Å². The third-order valence-corrected chi connectivity index (χ3v) is 5.32. The summed E-state index contributed by atoms with van der Waals surface area (Å²) >= 11 is 0. The van der Waals surface area contributed by atoms with Gasteiger partial charge >= 0.3 is 5.97 Å². The fraction of sp³-hybridized carbons (Fsp3) is 0.211. The second-order valence-electron chi connectivity index (χ2n) is 5.92. The van der Waals surface area contributed by atoms with Gasteiger partial charge in [0.25, 0.3) is 10.0 Å². The number of amidine groups is 1. The molecular weight excluding hydrogens is 398 g/mol. The van der Waals surface area contributed by atoms with E-state index in [0.29, 0.717) is 11.1 Å². The molecule has 0 bridgehead atoms. The van der Waals surface area contributed by atoms with Crippen LogP contribution >= 0.6 is 0 Å². The Morgan fingerprint density at radius 2 is 2.03 bits per heavy atom. The van der Waals surface area contributed by atoms with Crippen molar-refractivity contribution in [1.82, 2.24) is 5.01 Å². The van der Waals surface area contributed by atoms with Crippen LogP contribution in [0.1, 0.15) is 18.1 Å². The SMILES string of the molecule is CCOC(=O)CN(/N=C/c1ccc(O)c(OC)c1)C1=NS(=O)(=O)c2ccccc21. The van der Waals surface area contributed by atoms with Crippen molar-refractivity contribution in [1.29, 1.82) is 0 Å². The number of benzene rings is 2. The summed E-state index contributed by atoms with van der Waals surface area (Å²) in [6.07, 6.45) is 1.40. The van der Waals surface area contributed by atoms with Crippen molar-refractivity contribution in [3.8, 4) is 11.5 Å². The number of phenols is 1. The molecule has 0 unspecified atom stereocenters. The van der Waals surface area contributed by atoms with E-state index in [1.165, 1.54) is 30.5 Å². The van der Waals surface area contributed by atoms with Crippen molar-refractivity contribution in [3.05, 3.63) is 53.6 Å². The van der Waals surface area contributed by atoms with Crippen LogP contribution in [-0.4, -0.2) is 56.8 Å². The first-order chi connectivity index (χ1) is 13.9. The van der Waals surface area contributed by atoms with Gasteiger partial charge in [0.1, 0.15) is 11.4 Å². The minimum atomic E-state index is -3.88. The lowest BCUT2D eigenvalue weighted by atomic mass is 10.2. The second-order valence-corrected chi connectivity index (χ2v) is 7.50. The number of nitrogens with zero attached hydrogens (tertiary/aromatic N) is 3. The molecule has 0 aliphatic carbocycles. The zero-order valence-corrected chi connectivity index (χ0v) is 16.6. The van der Waals surface area contributed by atoms with E-state index in [2.05, 4.69) is 9.50 Å². The largest absolute Gasteiger partial charge is 0.504 e. The van der Waals surface area contributed by atoms with Gasteiger partial charge in [-0.2, -0.15) is 13.5 Å². The number of phenolic OH excluding ortho intramolecular Hbond substituents is 1. The predicted molar refractivity (Wildman–Crippen MR) is 106 cm³/mol. The molecule has 29 heavy (non-hydrogen) atoms. The monoisotopic (exact) mass is 417 g/mol. The fourth-order valence-electron chi connectivity index (χ4n) is 2.68. The molecule has 10 heteroatoms. The van der Waals surface area contributed by atoms with Crippen LogP contribution in [0.3, 0.4) is 0 Å². The first-order valence-electron chi connectivity index (χ1n) is 8.64. The molecule has 0 amide bonds. The summed E-state index contributed by atoms with van der Waals surface area (Å²) in [5, 5.41) is 15.1. The molecule has 0 aromatic heterocycles. The highest BCUT2D eigenvalue weighted by Gasteiger charge is 2.32. The normalized spacial score (nSPS) is 14.3. The number of rotatable bonds is 6. The average molecular weight is 417 g/mol. The number of carbonyl (C=O) groups is 1. The first kappa shape index (κ1) is 20.3. The van der Waals surface area contributed by atoms with Crippen molar-refractivity contribution in [2.75, 3.05) is 20.3 Å². The van der Waals surface area contributed by atoms with Crippen LogP contribution in [0.5, 0.6) is 11.5 Å². The van der Waals surface area contributed by atoms with Crippen molar-refractivity contribution in [2.24, 2.45) is 9.50 Å². The topological polar surface area (TPSA) is 118 Å². The van der Waals surface area contributed by atoms with Gasteiger partial charge in [0, 0.05) is 5.56 Å². The molecule has 1 aliphatic rings. The summed E-state index contributed by atoms with van der Waals surface area (Å²) in [6, 6.07) is 10.9. The van der Waals surface area contributed by atoms with Crippen molar-refractivity contribution < 1.29 is 27.8 Å². The Balaban J connectivity index is 1.99. The maximum absolute atomic E-state index is 12.3. The summed E-state index contributed by atoms with van der Waals surface area (Å²) in [5.74, 6) is -0.349. The van der Waals surface area contributed by atoms with Gasteiger partial charge in [-0.1, -0.05) is 12.1 Å². The molecule has 2 aromatic rings. The van der Waals surface area contributed by atoms with E-state index in [-0.39, 0.29) is 35.4 Å². The zero-order chi connectivity index (χ0) is 21.0. The van der Waals surface area contributed by atoms with Crippen LogP contribution in [0.15, 0.2) is 56.9 Å². The molecule has 2 aromatic carbocycles. The summed E-state index contributed by atoms with van der Waals surface area (Å²) < 4.78 is 38.5. The molecule has 0 fully saturated rings. The summed E-state index contributed by atoms with van der Waals surface area (Å²) in [6.45, 7) is 1.51. The van der Waals surface area contributed by atoms with Crippen LogP contribution in [0.2, 0.25) is 0 Å². The lowest BCUT2D eigenvalue weighted by molar-refractivity contribution is -0.143. The van der Waals surface area contributed by atoms with Gasteiger partial charge in [-0.15, -0.1) is 4.40 Å². The molecule has 0 radical (unpaired) electrons. The maximum atomic E-state index is 12.3. The van der Waals surface area contributed by atoms with Gasteiger partial charge in [0.05, 0.1) is 19.9 Å². The van der Waals surface area contributed by atoms with Gasteiger partial charge in [0.15, 0.2) is 17.3 Å². The average Bonchev–Trinajstić information content (AvgIpc) is 2.97. The standard InChI is InChI=1S/C19H19N3O6S/c1-3-28-18(24)12-22(20-11-13-8-9-15(23)16(10-13)27-2)19-14-6-4-5-7-17(14)29(25,26)21-19/h4-11,23H,3,12H2,1-2H3/b20-11+. The van der Waals surface area contributed by atoms with Gasteiger partial charge in [0.2, 0.25) is 0 Å². The number of hydrazone groups is 1. The number of sulfonamides is 1. The van der Waals surface area contributed by atoms with Gasteiger partial charge < -0.3 is 14.6 Å². The van der Waals surface area contributed by atoms with Crippen LogP contribution in [0, 0.1) is 0 Å². The first-order valence-corrected chi connectivity index (χ1v) is 10.1. The number of aromatic hydroxyl groups is 1. The highest BCUT2D eigenvalue weighted by atomic mass is 32.2. The lowest BCUT2D eigenvalue weighted by Crippen LogP contribution is -2.32. The molecule has 152 valence electrons. The van der Waals surface area contributed by atoms with Crippen LogP contribution in [-0.2, 0) is 19.6 Å². The van der Waals surface area contributed by atoms with E-state index in [9.17, 15) is 18.3 Å². The van der Waals surface area contributed by atoms with E-state index in [0.717, 1.165) is 0 Å². The highest BCUT2D eigenvalue weighted by molar-refractivity contribution is 7.90. The van der Waals surface area contributed by atoms with E-state index in [1.807, 2.05) is 0 Å². The lowest BCUT2D eigenvalue weighted by Gasteiger charge is -2.17. The minimum Gasteiger partial charge on any atom is -0.504 e. The Hall–Kier alpha value is -3.40. The van der Waals surface area contributed by atoms with Crippen LogP contribution in [0.4, 0.5) is 0 Å². The van der Waals surface area contributed by atoms with Gasteiger partial charge in [-0.25, -0.2) is 5.01 Å². The van der Waals surface area contributed by atoms with Crippen molar-refractivity contribution in [3.63, 3.8) is 0 Å². The molecule has 9 nitrogen and oxygen atoms in total. The summed E-state index contributed by atoms with van der Waals surface area (Å²) in [5.41, 5.74) is 0.903. The number of hydrogen-bond donors (Lipinski definition) is 1.